The minimum atomic E-state index is -0.819. The van der Waals surface area contributed by atoms with Crippen LogP contribution in [0.3, 0.4) is 0 Å². The Morgan fingerprint density at radius 2 is 0.929 bits per heavy atom. The molecule has 4 aliphatic rings. The van der Waals surface area contributed by atoms with Gasteiger partial charge in [0.2, 0.25) is 0 Å². The third-order valence-corrected chi connectivity index (χ3v) is 11.2. The van der Waals surface area contributed by atoms with Gasteiger partial charge in [0.1, 0.15) is 23.3 Å². The van der Waals surface area contributed by atoms with Crippen LogP contribution in [0.4, 0.5) is 0 Å². The minimum absolute atomic E-state index is 0.0662. The monoisotopic (exact) mass is 638 g/mol. The second-order valence-electron chi connectivity index (χ2n) is 8.69. The summed E-state index contributed by atoms with van der Waals surface area (Å²) in [5, 5.41) is 23.2. The lowest BCUT2D eigenvalue weighted by Gasteiger charge is -2.17. The number of esters is 2. The predicted molar refractivity (Wildman–Crippen MR) is 149 cm³/mol. The molecule has 0 spiro atoms. The van der Waals surface area contributed by atoms with Crippen LogP contribution in [0.5, 0.6) is 11.5 Å². The molecule has 0 atom stereocenters. The number of thioether (sulfide) groups is 4. The lowest BCUT2D eigenvalue weighted by molar-refractivity contribution is -0.133. The molecule has 2 N–H and O–H groups in total. The highest BCUT2D eigenvalue weighted by molar-refractivity contribution is 8.26. The third-order valence-electron chi connectivity index (χ3n) is 6.00. The van der Waals surface area contributed by atoms with Gasteiger partial charge in [-0.15, -0.1) is 0 Å². The maximum atomic E-state index is 12.9. The summed E-state index contributed by atoms with van der Waals surface area (Å²) in [7, 11) is 0. The molecule has 0 unspecified atom stereocenters. The van der Waals surface area contributed by atoms with E-state index in [0.29, 0.717) is 28.1 Å². The number of hydrogen-bond acceptors (Lipinski definition) is 14. The predicted octanol–water partition coefficient (Wildman–Crippen LogP) is 3.35. The van der Waals surface area contributed by atoms with Crippen LogP contribution in [0.15, 0.2) is 61.5 Å². The zero-order valence-corrected chi connectivity index (χ0v) is 25.1. The lowest BCUT2D eigenvalue weighted by Crippen LogP contribution is -2.38. The van der Waals surface area contributed by atoms with Gasteiger partial charge in [0, 0.05) is 13.8 Å². The topological polar surface area (TPSA) is 193 Å². The minimum Gasteiger partial charge on any atom is -0.424 e. The van der Waals surface area contributed by atoms with Gasteiger partial charge >= 0.3 is 11.9 Å². The molecule has 0 aromatic heterocycles. The molecule has 12 nitrogen and oxygen atoms in total. The van der Waals surface area contributed by atoms with Crippen LogP contribution in [-0.4, -0.2) is 35.6 Å². The number of ether oxygens (including phenoxy) is 2. The molecule has 16 heteroatoms. The first-order chi connectivity index (χ1) is 19.9. The summed E-state index contributed by atoms with van der Waals surface area (Å²) in [5.74, 6) is -4.28. The van der Waals surface area contributed by atoms with E-state index in [1.54, 1.807) is 12.1 Å². The van der Waals surface area contributed by atoms with Gasteiger partial charge < -0.3 is 9.47 Å². The second-order valence-corrected chi connectivity index (χ2v) is 13.3. The van der Waals surface area contributed by atoms with Crippen LogP contribution >= 0.6 is 47.0 Å². The molecule has 210 valence electrons. The fourth-order valence-corrected chi connectivity index (χ4v) is 10.0. The first-order valence-corrected chi connectivity index (χ1v) is 14.9. The van der Waals surface area contributed by atoms with Crippen LogP contribution in [0.1, 0.15) is 27.7 Å². The van der Waals surface area contributed by atoms with Crippen molar-refractivity contribution in [2.45, 2.75) is 47.3 Å². The van der Waals surface area contributed by atoms with Gasteiger partial charge in [-0.3, -0.25) is 39.4 Å². The van der Waals surface area contributed by atoms with E-state index in [0.717, 1.165) is 47.0 Å². The van der Waals surface area contributed by atoms with Crippen molar-refractivity contribution in [1.29, 1.82) is 10.5 Å². The number of imide groups is 2. The molecule has 0 saturated carbocycles. The number of carbonyl (C=O) groups is 6. The van der Waals surface area contributed by atoms with E-state index in [4.69, 9.17) is 9.47 Å². The molecule has 4 heterocycles. The smallest absolute Gasteiger partial charge is 0.308 e. The molecule has 1 aromatic rings. The maximum absolute atomic E-state index is 12.9. The van der Waals surface area contributed by atoms with Crippen LogP contribution in [0, 0.1) is 22.7 Å². The van der Waals surface area contributed by atoms with Crippen molar-refractivity contribution in [3.63, 3.8) is 0 Å². The fraction of sp³-hybridized carbons (Fsp3) is 0.154. The van der Waals surface area contributed by atoms with E-state index in [1.807, 2.05) is 0 Å². The fourth-order valence-electron chi connectivity index (χ4n) is 4.23. The van der Waals surface area contributed by atoms with E-state index in [2.05, 4.69) is 10.6 Å². The molecule has 4 amide bonds. The number of rotatable bonds is 2. The van der Waals surface area contributed by atoms with E-state index in [9.17, 15) is 39.3 Å². The summed E-state index contributed by atoms with van der Waals surface area (Å²) < 4.78 is 12.0. The SMILES string of the molecule is CC(=O)Oc1c2c(c(OC(C)=O)c3c1SC(=C1C(=O)NC(=O)C(C#N)=C1C)S3)SC(=C1C(=O)NC(=O)C(C#N)=C1C)S2. The molecule has 0 bridgehead atoms. The second kappa shape index (κ2) is 10.9. The highest BCUT2D eigenvalue weighted by Crippen LogP contribution is 2.69. The van der Waals surface area contributed by atoms with E-state index >= 15 is 0 Å². The number of hydrogen-bond donors (Lipinski definition) is 2. The quantitative estimate of drug-likeness (QED) is 0.207. The van der Waals surface area contributed by atoms with Gasteiger partial charge in [0.15, 0.2) is 11.5 Å². The van der Waals surface area contributed by atoms with Crippen molar-refractivity contribution in [1.82, 2.24) is 10.6 Å². The van der Waals surface area contributed by atoms with Gasteiger partial charge in [0.05, 0.1) is 39.2 Å². The number of nitriles is 2. The largest absolute Gasteiger partial charge is 0.424 e. The van der Waals surface area contributed by atoms with Gasteiger partial charge in [0.25, 0.3) is 23.6 Å². The molecular weight excluding hydrogens is 625 g/mol. The maximum Gasteiger partial charge on any atom is 0.308 e. The van der Waals surface area contributed by atoms with Crippen molar-refractivity contribution in [3.8, 4) is 23.6 Å². The zero-order chi connectivity index (χ0) is 30.6. The number of nitrogens with one attached hydrogen (secondary N) is 2. The van der Waals surface area contributed by atoms with Gasteiger partial charge in [-0.05, 0) is 25.0 Å². The Morgan fingerprint density at radius 3 is 1.19 bits per heavy atom. The van der Waals surface area contributed by atoms with Crippen molar-refractivity contribution >= 4 is 82.6 Å². The summed E-state index contributed by atoms with van der Waals surface area (Å²) in [6.45, 7) is 5.32. The Labute approximate surface area is 254 Å². The first kappa shape index (κ1) is 29.3. The van der Waals surface area contributed by atoms with Crippen molar-refractivity contribution in [2.24, 2.45) is 0 Å². The van der Waals surface area contributed by atoms with Gasteiger partial charge in [-0.25, -0.2) is 0 Å². The molecule has 0 fully saturated rings. The third kappa shape index (κ3) is 4.72. The molecule has 0 radical (unpaired) electrons. The number of benzene rings is 1. The van der Waals surface area contributed by atoms with E-state index in [1.165, 1.54) is 27.7 Å². The Kier molecular flexibility index (Phi) is 7.59. The van der Waals surface area contributed by atoms with Crippen molar-refractivity contribution < 1.29 is 38.2 Å². The molecule has 5 rings (SSSR count). The summed E-state index contributed by atoms with van der Waals surface area (Å²) in [6.07, 6.45) is 0. The average molecular weight is 639 g/mol. The normalized spacial score (nSPS) is 18.0. The Hall–Kier alpha value is -4.22. The lowest BCUT2D eigenvalue weighted by atomic mass is 9.98. The number of amides is 4. The molecule has 42 heavy (non-hydrogen) atoms. The molecule has 0 saturated heterocycles. The van der Waals surface area contributed by atoms with Crippen molar-refractivity contribution in [2.75, 3.05) is 0 Å². The van der Waals surface area contributed by atoms with E-state index < -0.39 is 35.6 Å². The zero-order valence-electron chi connectivity index (χ0n) is 21.8. The Morgan fingerprint density at radius 1 is 0.619 bits per heavy atom. The van der Waals surface area contributed by atoms with Crippen LogP contribution in [-0.2, 0) is 28.8 Å². The molecular formula is C26H14N4O8S4. The Bertz CT molecular complexity index is 1680. The van der Waals surface area contributed by atoms with Crippen LogP contribution in [0.2, 0.25) is 0 Å². The molecule has 4 aliphatic heterocycles. The summed E-state index contributed by atoms with van der Waals surface area (Å²) in [4.78, 5) is 75.8. The van der Waals surface area contributed by atoms with Crippen LogP contribution < -0.4 is 20.1 Å². The molecule has 0 aliphatic carbocycles. The first-order valence-electron chi connectivity index (χ1n) is 11.6. The summed E-state index contributed by atoms with van der Waals surface area (Å²) >= 11 is 4.10. The van der Waals surface area contributed by atoms with Crippen molar-refractivity contribution in [3.05, 3.63) is 41.9 Å². The number of fused-ring (bicyclic) bond motifs is 2. The molecule has 1 aromatic carbocycles. The van der Waals surface area contributed by atoms with Gasteiger partial charge in [-0.1, -0.05) is 47.0 Å². The van der Waals surface area contributed by atoms with Crippen LogP contribution in [0.25, 0.3) is 0 Å². The number of nitrogens with zero attached hydrogens (tertiary/aromatic N) is 2. The van der Waals surface area contributed by atoms with E-state index in [-0.39, 0.29) is 44.9 Å². The summed E-state index contributed by atoms with van der Waals surface area (Å²) in [5.41, 5.74) is -0.0105. The van der Waals surface area contributed by atoms with Gasteiger partial charge in [-0.2, -0.15) is 10.5 Å². The highest BCUT2D eigenvalue weighted by atomic mass is 32.2. The standard InChI is InChI=1S/C26H14N4O8S4/c1-7-11(5-27)21(33)29-23(35)13(7)25-39-17-15(37-9(3)31)19-20(16(18(17)40-25)38-10(4)32)42-26(41-19)14-8(2)12(6-28)22(34)30-24(14)36/h1-4H3,(H,29,33,35)(H,30,34,36). The Balaban J connectivity index is 1.75. The number of carbonyl (C=O) groups excluding carboxylic acids is 6. The summed E-state index contributed by atoms with van der Waals surface area (Å²) in [6, 6.07) is 3.60. The average Bonchev–Trinajstić information content (AvgIpc) is 3.51. The highest BCUT2D eigenvalue weighted by Gasteiger charge is 2.42.